The summed E-state index contributed by atoms with van der Waals surface area (Å²) in [6.07, 6.45) is -1.15. The number of halogens is 2. The molecule has 21 heavy (non-hydrogen) atoms. The second-order valence-corrected chi connectivity index (χ2v) is 5.07. The van der Waals surface area contributed by atoms with Crippen molar-refractivity contribution in [2.75, 3.05) is 13.7 Å². The van der Waals surface area contributed by atoms with Crippen molar-refractivity contribution in [3.8, 4) is 5.75 Å². The molecule has 3 N–H and O–H groups in total. The van der Waals surface area contributed by atoms with Crippen LogP contribution in [0.3, 0.4) is 0 Å². The van der Waals surface area contributed by atoms with E-state index in [0.29, 0.717) is 11.3 Å². The lowest BCUT2D eigenvalue weighted by molar-refractivity contribution is 0.142. The Morgan fingerprint density at radius 1 is 1.24 bits per heavy atom. The van der Waals surface area contributed by atoms with E-state index in [0.717, 1.165) is 0 Å². The monoisotopic (exact) mass is 309 g/mol. The molecule has 0 saturated heterocycles. The lowest BCUT2D eigenvalue weighted by atomic mass is 9.88. The molecule has 3 nitrogen and oxygen atoms in total. The Kier molecular flexibility index (Phi) is 5.17. The Morgan fingerprint density at radius 2 is 1.95 bits per heavy atom. The van der Waals surface area contributed by atoms with Gasteiger partial charge in [0.05, 0.1) is 13.2 Å². The maximum absolute atomic E-state index is 14.0. The number of rotatable bonds is 5. The Labute approximate surface area is 128 Å². The number of methoxy groups -OCH3 is 1. The molecule has 0 bridgehead atoms. The number of para-hydroxylation sites is 1. The first-order chi connectivity index (χ1) is 10.1. The summed E-state index contributed by atoms with van der Waals surface area (Å²) in [7, 11) is 1.54. The van der Waals surface area contributed by atoms with E-state index in [1.54, 1.807) is 18.2 Å². The van der Waals surface area contributed by atoms with E-state index in [2.05, 4.69) is 0 Å². The second-order valence-electron chi connectivity index (χ2n) is 4.66. The molecule has 112 valence electrons. The molecule has 2 unspecified atom stereocenters. The molecule has 2 aromatic carbocycles. The van der Waals surface area contributed by atoms with Crippen LogP contribution in [0, 0.1) is 5.82 Å². The van der Waals surface area contributed by atoms with Crippen LogP contribution < -0.4 is 10.5 Å². The summed E-state index contributed by atoms with van der Waals surface area (Å²) < 4.78 is 19.3. The molecule has 0 amide bonds. The molecular formula is C16H17ClFNO2. The fourth-order valence-corrected chi connectivity index (χ4v) is 2.67. The standard InChI is InChI=1S/C16H17ClFNO2/c1-21-14-8-3-2-5-10(14)11(9-19)16(20)15-12(17)6-4-7-13(15)18/h2-8,11,16,20H,9,19H2,1H3. The van der Waals surface area contributed by atoms with E-state index in [1.807, 2.05) is 12.1 Å². The van der Waals surface area contributed by atoms with Gasteiger partial charge in [-0.25, -0.2) is 4.39 Å². The summed E-state index contributed by atoms with van der Waals surface area (Å²) in [6.45, 7) is 0.131. The van der Waals surface area contributed by atoms with Crippen molar-refractivity contribution in [3.05, 3.63) is 64.4 Å². The van der Waals surface area contributed by atoms with Gasteiger partial charge in [0.2, 0.25) is 0 Å². The van der Waals surface area contributed by atoms with Crippen LogP contribution >= 0.6 is 11.6 Å². The molecule has 0 fully saturated rings. The predicted octanol–water partition coefficient (Wildman–Crippen LogP) is 3.26. The van der Waals surface area contributed by atoms with Gasteiger partial charge >= 0.3 is 0 Å². The van der Waals surface area contributed by atoms with Crippen LogP contribution in [-0.2, 0) is 0 Å². The Morgan fingerprint density at radius 3 is 2.57 bits per heavy atom. The molecule has 0 aliphatic heterocycles. The minimum absolute atomic E-state index is 0.0560. The lowest BCUT2D eigenvalue weighted by Gasteiger charge is -2.25. The smallest absolute Gasteiger partial charge is 0.130 e. The van der Waals surface area contributed by atoms with E-state index in [4.69, 9.17) is 22.1 Å². The van der Waals surface area contributed by atoms with Crippen molar-refractivity contribution in [3.63, 3.8) is 0 Å². The third-order valence-electron chi connectivity index (χ3n) is 3.47. The first kappa shape index (κ1) is 15.8. The number of aliphatic hydroxyl groups excluding tert-OH is 1. The zero-order valence-electron chi connectivity index (χ0n) is 11.6. The Bertz CT molecular complexity index is 601. The maximum atomic E-state index is 14.0. The molecule has 0 saturated carbocycles. The van der Waals surface area contributed by atoms with Crippen molar-refractivity contribution in [1.29, 1.82) is 0 Å². The molecule has 2 atom stereocenters. The summed E-state index contributed by atoms with van der Waals surface area (Å²) in [5.74, 6) is -0.474. The SMILES string of the molecule is COc1ccccc1C(CN)C(O)c1c(F)cccc1Cl. The number of aliphatic hydroxyl groups is 1. The third kappa shape index (κ3) is 3.18. The van der Waals surface area contributed by atoms with Gasteiger partial charge in [-0.05, 0) is 18.2 Å². The van der Waals surface area contributed by atoms with Crippen LogP contribution in [0.4, 0.5) is 4.39 Å². The van der Waals surface area contributed by atoms with E-state index in [9.17, 15) is 9.50 Å². The highest BCUT2D eigenvalue weighted by Crippen LogP contribution is 2.38. The molecule has 0 radical (unpaired) electrons. The molecular weight excluding hydrogens is 293 g/mol. The summed E-state index contributed by atoms with van der Waals surface area (Å²) in [5, 5.41) is 10.7. The van der Waals surface area contributed by atoms with Crippen LogP contribution in [0.25, 0.3) is 0 Å². The highest BCUT2D eigenvalue weighted by Gasteiger charge is 2.28. The number of hydrogen-bond acceptors (Lipinski definition) is 3. The average molecular weight is 310 g/mol. The molecule has 5 heteroatoms. The molecule has 0 aliphatic rings. The molecule has 0 aromatic heterocycles. The van der Waals surface area contributed by atoms with Crippen molar-refractivity contribution in [2.45, 2.75) is 12.0 Å². The van der Waals surface area contributed by atoms with E-state index >= 15 is 0 Å². The number of benzene rings is 2. The largest absolute Gasteiger partial charge is 0.496 e. The highest BCUT2D eigenvalue weighted by atomic mass is 35.5. The fraction of sp³-hybridized carbons (Fsp3) is 0.250. The normalized spacial score (nSPS) is 13.8. The number of hydrogen-bond donors (Lipinski definition) is 2. The maximum Gasteiger partial charge on any atom is 0.130 e. The Balaban J connectivity index is 2.46. The minimum atomic E-state index is -1.15. The minimum Gasteiger partial charge on any atom is -0.496 e. The molecule has 2 rings (SSSR count). The third-order valence-corrected chi connectivity index (χ3v) is 3.80. The van der Waals surface area contributed by atoms with Gasteiger partial charge in [0.1, 0.15) is 11.6 Å². The molecule has 0 spiro atoms. The average Bonchev–Trinajstić information content (AvgIpc) is 2.48. The van der Waals surface area contributed by atoms with Gasteiger partial charge in [-0.1, -0.05) is 35.9 Å². The van der Waals surface area contributed by atoms with Crippen LogP contribution in [0.15, 0.2) is 42.5 Å². The molecule has 0 heterocycles. The van der Waals surface area contributed by atoms with Gasteiger partial charge in [-0.2, -0.15) is 0 Å². The molecule has 0 aliphatic carbocycles. The van der Waals surface area contributed by atoms with Gasteiger partial charge in [0.25, 0.3) is 0 Å². The quantitative estimate of drug-likeness (QED) is 0.891. The lowest BCUT2D eigenvalue weighted by Crippen LogP contribution is -2.21. The summed E-state index contributed by atoms with van der Waals surface area (Å²) in [6, 6.07) is 11.5. The summed E-state index contributed by atoms with van der Waals surface area (Å²) >= 11 is 6.01. The van der Waals surface area contributed by atoms with Gasteiger partial charge in [-0.15, -0.1) is 0 Å². The van der Waals surface area contributed by atoms with Crippen LogP contribution in [0.2, 0.25) is 5.02 Å². The van der Waals surface area contributed by atoms with Gasteiger partial charge in [0, 0.05) is 28.6 Å². The van der Waals surface area contributed by atoms with Gasteiger partial charge in [-0.3, -0.25) is 0 Å². The van der Waals surface area contributed by atoms with E-state index in [1.165, 1.54) is 19.2 Å². The second kappa shape index (κ2) is 6.89. The summed E-state index contributed by atoms with van der Waals surface area (Å²) in [4.78, 5) is 0. The predicted molar refractivity (Wildman–Crippen MR) is 81.2 cm³/mol. The zero-order chi connectivity index (χ0) is 15.4. The first-order valence-electron chi connectivity index (χ1n) is 6.55. The van der Waals surface area contributed by atoms with Crippen molar-refractivity contribution < 1.29 is 14.2 Å². The van der Waals surface area contributed by atoms with Crippen LogP contribution in [0.5, 0.6) is 5.75 Å². The van der Waals surface area contributed by atoms with Crippen molar-refractivity contribution in [2.24, 2.45) is 5.73 Å². The van der Waals surface area contributed by atoms with Gasteiger partial charge in [0.15, 0.2) is 0 Å². The van der Waals surface area contributed by atoms with Gasteiger partial charge < -0.3 is 15.6 Å². The number of ether oxygens (including phenoxy) is 1. The topological polar surface area (TPSA) is 55.5 Å². The van der Waals surface area contributed by atoms with E-state index in [-0.39, 0.29) is 17.1 Å². The van der Waals surface area contributed by atoms with Crippen molar-refractivity contribution >= 4 is 11.6 Å². The van der Waals surface area contributed by atoms with Crippen LogP contribution in [-0.4, -0.2) is 18.8 Å². The van der Waals surface area contributed by atoms with E-state index < -0.39 is 17.8 Å². The zero-order valence-corrected chi connectivity index (χ0v) is 12.3. The fourth-order valence-electron chi connectivity index (χ4n) is 2.39. The van der Waals surface area contributed by atoms with Crippen LogP contribution in [0.1, 0.15) is 23.1 Å². The first-order valence-corrected chi connectivity index (χ1v) is 6.93. The van der Waals surface area contributed by atoms with Crippen molar-refractivity contribution in [1.82, 2.24) is 0 Å². The summed E-state index contributed by atoms with van der Waals surface area (Å²) in [5.41, 5.74) is 6.56. The number of nitrogens with two attached hydrogens (primary N) is 1. The highest BCUT2D eigenvalue weighted by molar-refractivity contribution is 6.31. The Hall–Kier alpha value is -1.62. The molecule has 2 aromatic rings.